The SMILES string of the molecule is Cc1cccc(C)c1-c1cc2nc(n1)NS(=O)(=O)c1cccc(c1)C(=O)N1[C@H](CCC[C@@H]1c1ccccn1)CO2. The normalized spacial score (nSPS) is 20.1. The number of carbonyl (C=O) groups excluding carboxylic acids is 1. The molecule has 0 aliphatic carbocycles. The Hall–Kier alpha value is -4.31. The zero-order chi connectivity index (χ0) is 27.9. The number of nitrogens with zero attached hydrogens (tertiary/aromatic N) is 4. The number of sulfonamides is 1. The molecule has 4 bridgehead atoms. The highest BCUT2D eigenvalue weighted by molar-refractivity contribution is 7.92. The van der Waals surface area contributed by atoms with E-state index in [2.05, 4.69) is 19.7 Å². The van der Waals surface area contributed by atoms with Crippen molar-refractivity contribution in [3.63, 3.8) is 0 Å². The van der Waals surface area contributed by atoms with Crippen LogP contribution in [0.4, 0.5) is 5.95 Å². The van der Waals surface area contributed by atoms with Gasteiger partial charge in [0.25, 0.3) is 15.9 Å². The molecule has 1 saturated heterocycles. The van der Waals surface area contributed by atoms with Crippen LogP contribution in [0.2, 0.25) is 0 Å². The number of carbonyl (C=O) groups is 1. The van der Waals surface area contributed by atoms with Gasteiger partial charge in [0.1, 0.15) is 6.61 Å². The van der Waals surface area contributed by atoms with Crippen molar-refractivity contribution in [1.29, 1.82) is 0 Å². The lowest BCUT2D eigenvalue weighted by Gasteiger charge is -2.41. The van der Waals surface area contributed by atoms with Crippen molar-refractivity contribution in [2.24, 2.45) is 0 Å². The van der Waals surface area contributed by atoms with Crippen LogP contribution in [-0.2, 0) is 10.0 Å². The topological polar surface area (TPSA) is 114 Å². The van der Waals surface area contributed by atoms with E-state index in [1.807, 2.05) is 50.2 Å². The number of rotatable bonds is 2. The number of pyridine rings is 1. The summed E-state index contributed by atoms with van der Waals surface area (Å²) in [5, 5.41) is 0. The molecule has 2 aliphatic heterocycles. The minimum absolute atomic E-state index is 0.0518. The summed E-state index contributed by atoms with van der Waals surface area (Å²) >= 11 is 0. The Labute approximate surface area is 233 Å². The second-order valence-electron chi connectivity index (χ2n) is 10.2. The first-order valence-electron chi connectivity index (χ1n) is 13.2. The van der Waals surface area contributed by atoms with Crippen molar-refractivity contribution in [3.05, 3.63) is 95.3 Å². The second-order valence-corrected chi connectivity index (χ2v) is 11.9. The molecule has 10 heteroatoms. The summed E-state index contributed by atoms with van der Waals surface area (Å²) in [5.74, 6) is -0.143. The Kier molecular flexibility index (Phi) is 6.71. The first-order valence-corrected chi connectivity index (χ1v) is 14.7. The van der Waals surface area contributed by atoms with E-state index >= 15 is 0 Å². The van der Waals surface area contributed by atoms with E-state index in [1.165, 1.54) is 12.1 Å². The van der Waals surface area contributed by atoms with Gasteiger partial charge in [-0.1, -0.05) is 30.3 Å². The minimum atomic E-state index is -4.11. The maximum atomic E-state index is 14.0. The van der Waals surface area contributed by atoms with Crippen molar-refractivity contribution in [2.75, 3.05) is 11.3 Å². The number of ether oxygens (including phenoxy) is 1. The number of fused-ring (bicyclic) bond motifs is 5. The van der Waals surface area contributed by atoms with Gasteiger partial charge in [0.2, 0.25) is 11.8 Å². The van der Waals surface area contributed by atoms with E-state index in [-0.39, 0.29) is 46.9 Å². The molecule has 6 rings (SSSR count). The van der Waals surface area contributed by atoms with Gasteiger partial charge < -0.3 is 9.64 Å². The van der Waals surface area contributed by atoms with Crippen LogP contribution in [0, 0.1) is 13.8 Å². The van der Waals surface area contributed by atoms with Crippen molar-refractivity contribution in [1.82, 2.24) is 19.9 Å². The summed E-state index contributed by atoms with van der Waals surface area (Å²) in [6.07, 6.45) is 4.08. The molecular weight excluding hydrogens is 526 g/mol. The minimum Gasteiger partial charge on any atom is -0.475 e. The molecule has 2 aromatic heterocycles. The lowest BCUT2D eigenvalue weighted by Crippen LogP contribution is -2.48. The molecule has 0 radical (unpaired) electrons. The number of amides is 1. The predicted octanol–water partition coefficient (Wildman–Crippen LogP) is 5.08. The lowest BCUT2D eigenvalue weighted by molar-refractivity contribution is 0.0320. The van der Waals surface area contributed by atoms with E-state index in [1.54, 1.807) is 29.3 Å². The fourth-order valence-corrected chi connectivity index (χ4v) is 6.60. The third-order valence-electron chi connectivity index (χ3n) is 7.49. The standard InChI is InChI=1S/C30H29N5O4S/c1-19-8-5-9-20(2)28(19)25-17-27-33-30(32-25)34-40(37,38)23-12-6-10-21(16-23)29(36)35-22(18-39-27)11-7-14-26(35)24-13-3-4-15-31-24/h3-6,8-10,12-13,15-17,22,26H,7,11,14,18H2,1-2H3,(H,32,33,34)/t22-,26-/m1/s1. The van der Waals surface area contributed by atoms with Gasteiger partial charge in [-0.15, -0.1) is 0 Å². The van der Waals surface area contributed by atoms with Crippen LogP contribution in [0.25, 0.3) is 11.3 Å². The highest BCUT2D eigenvalue weighted by Crippen LogP contribution is 2.36. The molecule has 1 N–H and O–H groups in total. The molecule has 0 unspecified atom stereocenters. The zero-order valence-corrected chi connectivity index (χ0v) is 23.1. The van der Waals surface area contributed by atoms with Gasteiger partial charge in [-0.25, -0.2) is 18.1 Å². The smallest absolute Gasteiger partial charge is 0.264 e. The number of hydrogen-bond donors (Lipinski definition) is 1. The van der Waals surface area contributed by atoms with E-state index in [9.17, 15) is 13.2 Å². The summed E-state index contributed by atoms with van der Waals surface area (Å²) < 4.78 is 35.7. The molecule has 2 aromatic carbocycles. The predicted molar refractivity (Wildman–Crippen MR) is 150 cm³/mol. The Bertz CT molecular complexity index is 1670. The lowest BCUT2D eigenvalue weighted by atomic mass is 9.92. The molecule has 9 nitrogen and oxygen atoms in total. The van der Waals surface area contributed by atoms with Crippen molar-refractivity contribution >= 4 is 21.9 Å². The summed E-state index contributed by atoms with van der Waals surface area (Å²) in [7, 11) is -4.11. The number of anilines is 1. The Balaban J connectivity index is 1.50. The Morgan fingerprint density at radius 3 is 2.52 bits per heavy atom. The van der Waals surface area contributed by atoms with Crippen LogP contribution < -0.4 is 9.46 Å². The molecule has 40 heavy (non-hydrogen) atoms. The molecule has 2 atom stereocenters. The first-order chi connectivity index (χ1) is 19.3. The van der Waals surface area contributed by atoms with Gasteiger partial charge in [0.05, 0.1) is 28.4 Å². The molecule has 4 aromatic rings. The van der Waals surface area contributed by atoms with E-state index in [0.717, 1.165) is 41.6 Å². The highest BCUT2D eigenvalue weighted by Gasteiger charge is 2.37. The number of nitrogens with one attached hydrogen (secondary N) is 1. The zero-order valence-electron chi connectivity index (χ0n) is 22.2. The number of benzene rings is 2. The van der Waals surface area contributed by atoms with Gasteiger partial charge in [-0.2, -0.15) is 4.98 Å². The van der Waals surface area contributed by atoms with Crippen molar-refractivity contribution < 1.29 is 17.9 Å². The maximum Gasteiger partial charge on any atom is 0.264 e. The van der Waals surface area contributed by atoms with Crippen LogP contribution in [0.1, 0.15) is 52.5 Å². The van der Waals surface area contributed by atoms with Gasteiger partial charge in [0, 0.05) is 23.4 Å². The van der Waals surface area contributed by atoms with Crippen molar-refractivity contribution in [2.45, 2.75) is 50.1 Å². The van der Waals surface area contributed by atoms with E-state index in [0.29, 0.717) is 5.69 Å². The molecule has 2 aliphatic rings. The van der Waals surface area contributed by atoms with Crippen LogP contribution in [-0.4, -0.2) is 46.8 Å². The van der Waals surface area contributed by atoms with Gasteiger partial charge in [-0.3, -0.25) is 9.78 Å². The van der Waals surface area contributed by atoms with E-state index in [4.69, 9.17) is 4.74 Å². The molecule has 0 spiro atoms. The van der Waals surface area contributed by atoms with Gasteiger partial charge in [-0.05, 0) is 74.6 Å². The summed E-state index contributed by atoms with van der Waals surface area (Å²) in [5.41, 5.74) is 4.48. The van der Waals surface area contributed by atoms with Gasteiger partial charge >= 0.3 is 0 Å². The van der Waals surface area contributed by atoms with Crippen LogP contribution >= 0.6 is 0 Å². The second kappa shape index (κ2) is 10.3. The fourth-order valence-electron chi connectivity index (χ4n) is 5.61. The van der Waals surface area contributed by atoms with Gasteiger partial charge in [0.15, 0.2) is 0 Å². The van der Waals surface area contributed by atoms with Crippen molar-refractivity contribution in [3.8, 4) is 17.1 Å². The average molecular weight is 556 g/mol. The number of hydrogen-bond acceptors (Lipinski definition) is 7. The third-order valence-corrected chi connectivity index (χ3v) is 8.81. The molecule has 0 saturated carbocycles. The highest BCUT2D eigenvalue weighted by atomic mass is 32.2. The average Bonchev–Trinajstić information content (AvgIpc) is 2.95. The molecule has 1 fully saturated rings. The molecular formula is C30H29N5O4S. The molecule has 4 heterocycles. The summed E-state index contributed by atoms with van der Waals surface area (Å²) in [6.45, 7) is 4.14. The monoisotopic (exact) mass is 555 g/mol. The number of aromatic nitrogens is 3. The third kappa shape index (κ3) is 4.90. The first kappa shape index (κ1) is 25.9. The van der Waals surface area contributed by atoms with E-state index < -0.39 is 10.0 Å². The number of piperidine rings is 1. The van der Waals surface area contributed by atoms with Crippen LogP contribution in [0.5, 0.6) is 5.88 Å². The maximum absolute atomic E-state index is 14.0. The Morgan fingerprint density at radius 2 is 1.75 bits per heavy atom. The van der Waals surface area contributed by atoms with Crippen LogP contribution in [0.3, 0.4) is 0 Å². The Morgan fingerprint density at radius 1 is 0.950 bits per heavy atom. The summed E-state index contributed by atoms with van der Waals surface area (Å²) in [4.78, 5) is 29.3. The fraction of sp³-hybridized carbons (Fsp3) is 0.267. The molecule has 1 amide bonds. The number of aryl methyl sites for hydroxylation is 2. The van der Waals surface area contributed by atoms with Crippen LogP contribution in [0.15, 0.2) is 77.8 Å². The summed E-state index contributed by atoms with van der Waals surface area (Å²) in [6, 6.07) is 18.8. The molecule has 204 valence electrons. The quantitative estimate of drug-likeness (QED) is 0.367. The largest absolute Gasteiger partial charge is 0.475 e.